The summed E-state index contributed by atoms with van der Waals surface area (Å²) in [6.07, 6.45) is 5.23. The van der Waals surface area contributed by atoms with Crippen LogP contribution in [0.4, 0.5) is 5.95 Å². The molecule has 3 rings (SSSR count). The Hall–Kier alpha value is -1.40. The van der Waals surface area contributed by atoms with E-state index in [2.05, 4.69) is 20.2 Å². The van der Waals surface area contributed by atoms with Gasteiger partial charge in [0.1, 0.15) is 0 Å². The van der Waals surface area contributed by atoms with Crippen LogP contribution in [0.2, 0.25) is 5.02 Å². The molecule has 2 fully saturated rings. The number of nitrogens with one attached hydrogen (secondary N) is 1. The highest BCUT2D eigenvalue weighted by atomic mass is 35.5. The van der Waals surface area contributed by atoms with Gasteiger partial charge >= 0.3 is 0 Å². The zero-order valence-corrected chi connectivity index (χ0v) is 13.6. The van der Waals surface area contributed by atoms with Gasteiger partial charge in [-0.1, -0.05) is 11.6 Å². The summed E-state index contributed by atoms with van der Waals surface area (Å²) in [7, 11) is 1.72. The van der Waals surface area contributed by atoms with Gasteiger partial charge in [0.2, 0.25) is 11.9 Å². The van der Waals surface area contributed by atoms with Crippen molar-refractivity contribution in [3.05, 3.63) is 17.4 Å². The molecule has 6 nitrogen and oxygen atoms in total. The molecule has 1 saturated heterocycles. The quantitative estimate of drug-likeness (QED) is 0.912. The predicted molar refractivity (Wildman–Crippen MR) is 83.9 cm³/mol. The first-order chi connectivity index (χ1) is 10.6. The van der Waals surface area contributed by atoms with Crippen LogP contribution < -0.4 is 10.2 Å². The van der Waals surface area contributed by atoms with Crippen molar-refractivity contribution in [3.63, 3.8) is 0 Å². The number of fused-ring (bicyclic) bond motifs is 1. The molecule has 2 aliphatic rings. The molecule has 120 valence electrons. The fourth-order valence-corrected chi connectivity index (χ4v) is 3.82. The number of methoxy groups -OCH3 is 1. The first-order valence-electron chi connectivity index (χ1n) is 7.59. The Morgan fingerprint density at radius 1 is 1.32 bits per heavy atom. The van der Waals surface area contributed by atoms with E-state index in [9.17, 15) is 4.79 Å². The Morgan fingerprint density at radius 3 is 2.55 bits per heavy atom. The molecule has 2 heterocycles. The second kappa shape index (κ2) is 6.38. The van der Waals surface area contributed by atoms with E-state index in [1.54, 1.807) is 26.4 Å². The van der Waals surface area contributed by atoms with Gasteiger partial charge in [-0.2, -0.15) is 0 Å². The second-order valence-corrected chi connectivity index (χ2v) is 6.62. The molecule has 22 heavy (non-hydrogen) atoms. The van der Waals surface area contributed by atoms with Gasteiger partial charge in [0.25, 0.3) is 0 Å². The van der Waals surface area contributed by atoms with E-state index in [1.165, 1.54) is 0 Å². The monoisotopic (exact) mass is 324 g/mol. The molecule has 1 aromatic heterocycles. The van der Waals surface area contributed by atoms with Crippen LogP contribution in [-0.4, -0.2) is 48.2 Å². The van der Waals surface area contributed by atoms with Gasteiger partial charge in [0.05, 0.1) is 29.6 Å². The number of rotatable bonds is 3. The van der Waals surface area contributed by atoms with Crippen LogP contribution >= 0.6 is 11.6 Å². The minimum absolute atomic E-state index is 0.00128. The molecule has 1 aliphatic heterocycles. The lowest BCUT2D eigenvalue weighted by molar-refractivity contribution is -0.121. The lowest BCUT2D eigenvalue weighted by Gasteiger charge is -2.37. The Morgan fingerprint density at radius 2 is 1.95 bits per heavy atom. The highest BCUT2D eigenvalue weighted by Crippen LogP contribution is 2.38. The van der Waals surface area contributed by atoms with Crippen LogP contribution in [0.1, 0.15) is 19.8 Å². The topological polar surface area (TPSA) is 67.3 Å². The van der Waals surface area contributed by atoms with Crippen LogP contribution in [0, 0.1) is 11.8 Å². The summed E-state index contributed by atoms with van der Waals surface area (Å²) in [5.41, 5.74) is 0. The molecular formula is C15H21ClN4O2. The van der Waals surface area contributed by atoms with E-state index in [-0.39, 0.29) is 18.1 Å². The van der Waals surface area contributed by atoms with Crippen molar-refractivity contribution < 1.29 is 9.53 Å². The van der Waals surface area contributed by atoms with Crippen molar-refractivity contribution in [2.75, 3.05) is 25.1 Å². The summed E-state index contributed by atoms with van der Waals surface area (Å²) in [5.74, 6) is 1.81. The standard InChI is InChI=1S/C15H21ClN4O2/c1-9(21)19-13-3-10-7-20(8-11(10)4-14(13)22-2)15-17-5-12(16)6-18-15/h5-6,10-11,13-14H,3-4,7-8H2,1-2H3,(H,19,21)/t10-,11+,13-,14-/m1/s1. The van der Waals surface area contributed by atoms with Crippen LogP contribution in [-0.2, 0) is 9.53 Å². The number of carbonyl (C=O) groups is 1. The summed E-state index contributed by atoms with van der Waals surface area (Å²) < 4.78 is 5.59. The Bertz CT molecular complexity index is 539. The van der Waals surface area contributed by atoms with Crippen molar-refractivity contribution in [2.24, 2.45) is 11.8 Å². The summed E-state index contributed by atoms with van der Waals surface area (Å²) in [6, 6.07) is 0.0924. The fraction of sp³-hybridized carbons (Fsp3) is 0.667. The van der Waals surface area contributed by atoms with Gasteiger partial charge in [-0.25, -0.2) is 9.97 Å². The zero-order valence-electron chi connectivity index (χ0n) is 12.8. The largest absolute Gasteiger partial charge is 0.379 e. The van der Waals surface area contributed by atoms with Gasteiger partial charge < -0.3 is 15.0 Å². The number of amides is 1. The van der Waals surface area contributed by atoms with Crippen molar-refractivity contribution in [1.82, 2.24) is 15.3 Å². The first-order valence-corrected chi connectivity index (χ1v) is 7.97. The van der Waals surface area contributed by atoms with Gasteiger partial charge in [0.15, 0.2) is 0 Å². The molecule has 1 amide bonds. The average Bonchev–Trinajstić information content (AvgIpc) is 2.89. The van der Waals surface area contributed by atoms with Crippen LogP contribution in [0.15, 0.2) is 12.4 Å². The van der Waals surface area contributed by atoms with Crippen LogP contribution in [0.25, 0.3) is 0 Å². The van der Waals surface area contributed by atoms with E-state index in [0.717, 1.165) is 31.9 Å². The number of hydrogen-bond donors (Lipinski definition) is 1. The Labute approximate surface area is 135 Å². The molecule has 7 heteroatoms. The van der Waals surface area contributed by atoms with E-state index >= 15 is 0 Å². The summed E-state index contributed by atoms with van der Waals surface area (Å²) in [5, 5.41) is 3.57. The smallest absolute Gasteiger partial charge is 0.225 e. The summed E-state index contributed by atoms with van der Waals surface area (Å²) in [4.78, 5) is 22.2. The van der Waals surface area contributed by atoms with Crippen molar-refractivity contribution in [1.29, 1.82) is 0 Å². The molecule has 0 unspecified atom stereocenters. The molecule has 0 aromatic carbocycles. The third-order valence-corrected chi connectivity index (χ3v) is 4.89. The first kappa shape index (κ1) is 15.5. The molecule has 1 aromatic rings. The fourth-order valence-electron chi connectivity index (χ4n) is 3.72. The molecule has 0 spiro atoms. The molecule has 0 radical (unpaired) electrons. The molecule has 0 bridgehead atoms. The van der Waals surface area contributed by atoms with Gasteiger partial charge in [0, 0.05) is 27.1 Å². The maximum absolute atomic E-state index is 11.4. The third-order valence-electron chi connectivity index (χ3n) is 4.70. The van der Waals surface area contributed by atoms with Gasteiger partial charge in [-0.3, -0.25) is 4.79 Å². The lowest BCUT2D eigenvalue weighted by atomic mass is 9.77. The maximum atomic E-state index is 11.4. The normalized spacial score (nSPS) is 31.0. The summed E-state index contributed by atoms with van der Waals surface area (Å²) >= 11 is 5.85. The average molecular weight is 325 g/mol. The highest BCUT2D eigenvalue weighted by Gasteiger charge is 2.43. The number of anilines is 1. The number of halogens is 1. The molecular weight excluding hydrogens is 304 g/mol. The SMILES string of the molecule is CO[C@@H]1C[C@H]2CN(c3ncc(Cl)cn3)C[C@H]2C[C@H]1NC(C)=O. The van der Waals surface area contributed by atoms with Crippen LogP contribution in [0.5, 0.6) is 0 Å². The van der Waals surface area contributed by atoms with E-state index < -0.39 is 0 Å². The minimum atomic E-state index is 0.00128. The zero-order chi connectivity index (χ0) is 15.7. The molecule has 1 saturated carbocycles. The van der Waals surface area contributed by atoms with Crippen molar-refractivity contribution >= 4 is 23.5 Å². The Balaban J connectivity index is 1.70. The van der Waals surface area contributed by atoms with Crippen molar-refractivity contribution in [3.8, 4) is 0 Å². The van der Waals surface area contributed by atoms with E-state index in [0.29, 0.717) is 16.9 Å². The number of aromatic nitrogens is 2. The van der Waals surface area contributed by atoms with E-state index in [1.807, 2.05) is 0 Å². The van der Waals surface area contributed by atoms with Gasteiger partial charge in [-0.05, 0) is 24.7 Å². The van der Waals surface area contributed by atoms with Crippen LogP contribution in [0.3, 0.4) is 0 Å². The Kier molecular flexibility index (Phi) is 4.49. The third kappa shape index (κ3) is 3.17. The number of hydrogen-bond acceptors (Lipinski definition) is 5. The van der Waals surface area contributed by atoms with Gasteiger partial charge in [-0.15, -0.1) is 0 Å². The van der Waals surface area contributed by atoms with Crippen molar-refractivity contribution in [2.45, 2.75) is 31.9 Å². The molecule has 1 aliphatic carbocycles. The number of nitrogens with zero attached hydrogens (tertiary/aromatic N) is 3. The number of ether oxygens (including phenoxy) is 1. The molecule has 4 atom stereocenters. The highest BCUT2D eigenvalue weighted by molar-refractivity contribution is 6.30. The maximum Gasteiger partial charge on any atom is 0.225 e. The van der Waals surface area contributed by atoms with E-state index in [4.69, 9.17) is 16.3 Å². The second-order valence-electron chi connectivity index (χ2n) is 6.18. The lowest BCUT2D eigenvalue weighted by Crippen LogP contribution is -2.49. The predicted octanol–water partition coefficient (Wildman–Crippen LogP) is 1.50. The minimum Gasteiger partial charge on any atom is -0.379 e. The molecule has 1 N–H and O–H groups in total. The summed E-state index contributed by atoms with van der Waals surface area (Å²) in [6.45, 7) is 3.40. The number of carbonyl (C=O) groups excluding carboxylic acids is 1.